The third kappa shape index (κ3) is 4.25. The van der Waals surface area contributed by atoms with Crippen LogP contribution in [0, 0.1) is 0 Å². The lowest BCUT2D eigenvalue weighted by atomic mass is 10.2. The maximum atomic E-state index is 11.7. The molecule has 1 atom stereocenters. The van der Waals surface area contributed by atoms with E-state index in [-0.39, 0.29) is 5.69 Å². The molecule has 1 amide bonds. The van der Waals surface area contributed by atoms with Crippen molar-refractivity contribution in [2.45, 2.75) is 12.5 Å². The number of carboxylic acid groups (broad SMARTS) is 1. The van der Waals surface area contributed by atoms with Crippen molar-refractivity contribution < 1.29 is 14.7 Å². The van der Waals surface area contributed by atoms with Crippen molar-refractivity contribution in [3.63, 3.8) is 0 Å². The first-order chi connectivity index (χ1) is 8.54. The fraction of sp³-hybridized carbons (Fsp3) is 0.364. The summed E-state index contributed by atoms with van der Waals surface area (Å²) in [5.74, 6) is -1.06. The van der Waals surface area contributed by atoms with Crippen LogP contribution in [0.5, 0.6) is 0 Å². The van der Waals surface area contributed by atoms with Crippen LogP contribution in [0.4, 0.5) is 0 Å². The average Bonchev–Trinajstić information content (AvgIpc) is 2.33. The molecule has 0 spiro atoms. The van der Waals surface area contributed by atoms with Crippen molar-refractivity contribution in [2.75, 3.05) is 12.0 Å². The highest BCUT2D eigenvalue weighted by Gasteiger charge is 2.20. The van der Waals surface area contributed by atoms with Gasteiger partial charge in [0.2, 0.25) is 5.56 Å². The first-order valence-electron chi connectivity index (χ1n) is 5.26. The van der Waals surface area contributed by atoms with E-state index in [0.29, 0.717) is 12.2 Å². The molecule has 1 aromatic heterocycles. The van der Waals surface area contributed by atoms with E-state index in [1.54, 1.807) is 0 Å². The second-order valence-electron chi connectivity index (χ2n) is 3.57. The lowest BCUT2D eigenvalue weighted by Crippen LogP contribution is -2.41. The molecule has 0 saturated carbocycles. The molecule has 1 heterocycles. The van der Waals surface area contributed by atoms with Gasteiger partial charge in [0.1, 0.15) is 11.7 Å². The summed E-state index contributed by atoms with van der Waals surface area (Å²) < 4.78 is 0. The van der Waals surface area contributed by atoms with E-state index in [1.165, 1.54) is 30.0 Å². The lowest BCUT2D eigenvalue weighted by molar-refractivity contribution is -0.139. The summed E-state index contributed by atoms with van der Waals surface area (Å²) in [6.45, 7) is 0. The van der Waals surface area contributed by atoms with Gasteiger partial charge in [-0.1, -0.05) is 6.07 Å². The smallest absolute Gasteiger partial charge is 0.326 e. The van der Waals surface area contributed by atoms with Crippen molar-refractivity contribution in [3.05, 3.63) is 34.2 Å². The van der Waals surface area contributed by atoms with Crippen LogP contribution in [0.3, 0.4) is 0 Å². The summed E-state index contributed by atoms with van der Waals surface area (Å²) in [5, 5.41) is 11.3. The Bertz CT molecular complexity index is 486. The Hall–Kier alpha value is -1.76. The van der Waals surface area contributed by atoms with Crippen molar-refractivity contribution >= 4 is 23.6 Å². The van der Waals surface area contributed by atoms with E-state index in [9.17, 15) is 14.4 Å². The fourth-order valence-corrected chi connectivity index (χ4v) is 1.78. The Labute approximate surface area is 108 Å². The zero-order valence-corrected chi connectivity index (χ0v) is 10.6. The number of carboxylic acids is 1. The van der Waals surface area contributed by atoms with Crippen LogP contribution < -0.4 is 10.9 Å². The largest absolute Gasteiger partial charge is 0.480 e. The summed E-state index contributed by atoms with van der Waals surface area (Å²) in [4.78, 5) is 36.0. The maximum absolute atomic E-state index is 11.7. The van der Waals surface area contributed by atoms with E-state index in [0.717, 1.165) is 0 Å². The number of H-pyrrole nitrogens is 1. The normalized spacial score (nSPS) is 11.8. The Balaban J connectivity index is 2.72. The zero-order chi connectivity index (χ0) is 13.5. The zero-order valence-electron chi connectivity index (χ0n) is 9.80. The van der Waals surface area contributed by atoms with Crippen LogP contribution in [0.25, 0.3) is 0 Å². The molecule has 3 N–H and O–H groups in total. The predicted octanol–water partition coefficient (Wildman–Crippen LogP) is 0.311. The van der Waals surface area contributed by atoms with Crippen molar-refractivity contribution in [1.29, 1.82) is 0 Å². The highest BCUT2D eigenvalue weighted by atomic mass is 32.2. The molecule has 0 aliphatic rings. The predicted molar refractivity (Wildman–Crippen MR) is 69.0 cm³/mol. The number of thioether (sulfide) groups is 1. The van der Waals surface area contributed by atoms with Crippen molar-refractivity contribution in [3.8, 4) is 0 Å². The lowest BCUT2D eigenvalue weighted by Gasteiger charge is -2.13. The Morgan fingerprint density at radius 1 is 1.50 bits per heavy atom. The Kier molecular flexibility index (Phi) is 5.44. The number of amides is 1. The molecule has 0 bridgehead atoms. The molecule has 0 aliphatic heterocycles. The number of carbonyl (C=O) groups excluding carboxylic acids is 1. The summed E-state index contributed by atoms with van der Waals surface area (Å²) in [6, 6.07) is 3.18. The highest BCUT2D eigenvalue weighted by molar-refractivity contribution is 7.98. The van der Waals surface area contributed by atoms with Gasteiger partial charge in [-0.3, -0.25) is 9.59 Å². The average molecular weight is 270 g/mol. The number of aliphatic carboxylic acids is 1. The second-order valence-corrected chi connectivity index (χ2v) is 4.56. The van der Waals surface area contributed by atoms with E-state index in [4.69, 9.17) is 5.11 Å². The molecule has 1 aromatic rings. The number of hydrogen-bond acceptors (Lipinski definition) is 4. The van der Waals surface area contributed by atoms with E-state index >= 15 is 0 Å². The molecular formula is C11H14N2O4S. The summed E-state index contributed by atoms with van der Waals surface area (Å²) in [7, 11) is 0. The molecule has 0 saturated heterocycles. The van der Waals surface area contributed by atoms with E-state index < -0.39 is 23.5 Å². The van der Waals surface area contributed by atoms with Crippen LogP contribution in [0.2, 0.25) is 0 Å². The molecule has 0 aromatic carbocycles. The summed E-state index contributed by atoms with van der Waals surface area (Å²) >= 11 is 1.50. The van der Waals surface area contributed by atoms with E-state index in [1.807, 2.05) is 6.26 Å². The third-order valence-electron chi connectivity index (χ3n) is 2.23. The van der Waals surface area contributed by atoms with Gasteiger partial charge in [-0.2, -0.15) is 11.8 Å². The number of hydrogen-bond donors (Lipinski definition) is 3. The van der Waals surface area contributed by atoms with Gasteiger partial charge in [-0.25, -0.2) is 4.79 Å². The number of nitrogens with one attached hydrogen (secondary N) is 2. The second kappa shape index (κ2) is 6.85. The van der Waals surface area contributed by atoms with E-state index in [2.05, 4.69) is 10.3 Å². The van der Waals surface area contributed by atoms with Gasteiger partial charge in [-0.05, 0) is 24.5 Å². The molecular weight excluding hydrogens is 256 g/mol. The minimum Gasteiger partial charge on any atom is -0.480 e. The number of aromatic amines is 1. The first-order valence-corrected chi connectivity index (χ1v) is 6.66. The fourth-order valence-electron chi connectivity index (χ4n) is 1.31. The Morgan fingerprint density at radius 3 is 2.78 bits per heavy atom. The minimum absolute atomic E-state index is 0.0536. The van der Waals surface area contributed by atoms with Gasteiger partial charge in [0.25, 0.3) is 5.91 Å². The van der Waals surface area contributed by atoms with Gasteiger partial charge < -0.3 is 15.4 Å². The molecule has 0 fully saturated rings. The topological polar surface area (TPSA) is 99.3 Å². The van der Waals surface area contributed by atoms with Gasteiger partial charge in [-0.15, -0.1) is 0 Å². The standard InChI is InChI=1S/C11H14N2O4S/c1-18-6-5-8(11(16)17)13-10(15)7-3-2-4-9(14)12-7/h2-4,8H,5-6H2,1H3,(H,12,14)(H,13,15)(H,16,17). The summed E-state index contributed by atoms with van der Waals surface area (Å²) in [6.07, 6.45) is 2.19. The van der Waals surface area contributed by atoms with Crippen LogP contribution in [-0.4, -0.2) is 40.0 Å². The number of carbonyl (C=O) groups is 2. The third-order valence-corrected chi connectivity index (χ3v) is 2.87. The minimum atomic E-state index is -1.09. The van der Waals surface area contributed by atoms with Gasteiger partial charge in [0.15, 0.2) is 0 Å². The van der Waals surface area contributed by atoms with Gasteiger partial charge in [0, 0.05) is 6.07 Å². The van der Waals surface area contributed by atoms with Crippen LogP contribution in [-0.2, 0) is 4.79 Å². The molecule has 18 heavy (non-hydrogen) atoms. The Morgan fingerprint density at radius 2 is 2.22 bits per heavy atom. The molecule has 6 nitrogen and oxygen atoms in total. The SMILES string of the molecule is CSCCC(NC(=O)c1cccc(=O)[nH]1)C(=O)O. The molecule has 98 valence electrons. The van der Waals surface area contributed by atoms with Gasteiger partial charge >= 0.3 is 5.97 Å². The molecule has 1 rings (SSSR count). The number of rotatable bonds is 6. The highest BCUT2D eigenvalue weighted by Crippen LogP contribution is 2.02. The van der Waals surface area contributed by atoms with Crippen LogP contribution >= 0.6 is 11.8 Å². The summed E-state index contributed by atoms with van der Waals surface area (Å²) in [5.41, 5.74) is -0.350. The van der Waals surface area contributed by atoms with Crippen molar-refractivity contribution in [2.24, 2.45) is 0 Å². The molecule has 0 radical (unpaired) electrons. The number of aromatic nitrogens is 1. The molecule has 0 aliphatic carbocycles. The molecule has 7 heteroatoms. The molecule has 1 unspecified atom stereocenters. The monoisotopic (exact) mass is 270 g/mol. The quantitative estimate of drug-likeness (QED) is 0.691. The van der Waals surface area contributed by atoms with Crippen LogP contribution in [0.1, 0.15) is 16.9 Å². The maximum Gasteiger partial charge on any atom is 0.326 e. The van der Waals surface area contributed by atoms with Gasteiger partial charge in [0.05, 0.1) is 0 Å². The van der Waals surface area contributed by atoms with Crippen LogP contribution in [0.15, 0.2) is 23.0 Å². The van der Waals surface area contributed by atoms with Crippen molar-refractivity contribution in [1.82, 2.24) is 10.3 Å². The first kappa shape index (κ1) is 14.3. The number of pyridine rings is 1.